The lowest BCUT2D eigenvalue weighted by Crippen LogP contribution is -2.16. The number of terminal acetylenes is 1. The van der Waals surface area contributed by atoms with E-state index < -0.39 is 4.92 Å². The molecule has 1 amide bonds. The lowest BCUT2D eigenvalue weighted by Gasteiger charge is -2.01. The molecular formula is C19H13N3O4S. The van der Waals surface area contributed by atoms with E-state index in [2.05, 4.69) is 16.4 Å². The molecule has 134 valence electrons. The van der Waals surface area contributed by atoms with E-state index in [9.17, 15) is 14.9 Å². The van der Waals surface area contributed by atoms with E-state index in [1.807, 2.05) is 0 Å². The van der Waals surface area contributed by atoms with Crippen molar-refractivity contribution in [1.29, 1.82) is 0 Å². The summed E-state index contributed by atoms with van der Waals surface area (Å²) in [5.41, 5.74) is 3.20. The highest BCUT2D eigenvalue weighted by atomic mass is 32.1. The molecule has 3 aromatic rings. The first kappa shape index (κ1) is 18.1. The fourth-order valence-corrected chi connectivity index (χ4v) is 3.18. The zero-order valence-corrected chi connectivity index (χ0v) is 14.7. The van der Waals surface area contributed by atoms with E-state index in [0.717, 1.165) is 10.3 Å². The number of carbonyl (C=O) groups excluding carboxylic acids is 1. The summed E-state index contributed by atoms with van der Waals surface area (Å²) in [4.78, 5) is 23.0. The standard InChI is InChI=1S/C19H13N3O4S/c1-2-9-26-16-6-3-13(4-7-16)12-20-21-19(23)18-11-14-10-15(22(24)25)5-8-17(14)27-18/h1,3-8,10-12H,9H2,(H,21,23). The van der Waals surface area contributed by atoms with Crippen molar-refractivity contribution in [3.63, 3.8) is 0 Å². The van der Waals surface area contributed by atoms with Gasteiger partial charge in [0.15, 0.2) is 0 Å². The highest BCUT2D eigenvalue weighted by Crippen LogP contribution is 2.28. The average molecular weight is 379 g/mol. The van der Waals surface area contributed by atoms with Crippen LogP contribution in [0.15, 0.2) is 53.6 Å². The highest BCUT2D eigenvalue weighted by molar-refractivity contribution is 7.20. The molecule has 0 radical (unpaired) electrons. The second kappa shape index (κ2) is 8.12. The molecule has 0 saturated carbocycles. The quantitative estimate of drug-likeness (QED) is 0.306. The van der Waals surface area contributed by atoms with Gasteiger partial charge < -0.3 is 4.74 Å². The maximum Gasteiger partial charge on any atom is 0.281 e. The fourth-order valence-electron chi connectivity index (χ4n) is 2.25. The zero-order valence-electron chi connectivity index (χ0n) is 13.9. The summed E-state index contributed by atoms with van der Waals surface area (Å²) in [6.07, 6.45) is 6.63. The summed E-state index contributed by atoms with van der Waals surface area (Å²) in [5, 5.41) is 15.4. The van der Waals surface area contributed by atoms with Crippen molar-refractivity contribution in [3.05, 3.63) is 69.1 Å². The smallest absolute Gasteiger partial charge is 0.281 e. The fraction of sp³-hybridized carbons (Fsp3) is 0.0526. The number of benzene rings is 2. The Hall–Kier alpha value is -3.70. The van der Waals surface area contributed by atoms with Crippen molar-refractivity contribution in [1.82, 2.24) is 5.43 Å². The molecule has 7 nitrogen and oxygen atoms in total. The van der Waals surface area contributed by atoms with Crippen LogP contribution in [0.3, 0.4) is 0 Å². The maximum atomic E-state index is 12.2. The van der Waals surface area contributed by atoms with Crippen molar-refractivity contribution in [2.45, 2.75) is 0 Å². The highest BCUT2D eigenvalue weighted by Gasteiger charge is 2.12. The number of hydrogen-bond acceptors (Lipinski definition) is 6. The number of fused-ring (bicyclic) bond motifs is 1. The zero-order chi connectivity index (χ0) is 19.2. The summed E-state index contributed by atoms with van der Waals surface area (Å²) in [7, 11) is 0. The van der Waals surface area contributed by atoms with Crippen molar-refractivity contribution in [2.75, 3.05) is 6.61 Å². The molecule has 0 aliphatic heterocycles. The first-order valence-electron chi connectivity index (χ1n) is 7.74. The molecule has 27 heavy (non-hydrogen) atoms. The maximum absolute atomic E-state index is 12.2. The molecule has 0 aliphatic rings. The molecule has 0 atom stereocenters. The van der Waals surface area contributed by atoms with Crippen LogP contribution in [0.1, 0.15) is 15.2 Å². The minimum Gasteiger partial charge on any atom is -0.481 e. The van der Waals surface area contributed by atoms with Crippen LogP contribution < -0.4 is 10.2 Å². The van der Waals surface area contributed by atoms with Gasteiger partial charge in [0.2, 0.25) is 0 Å². The van der Waals surface area contributed by atoms with Gasteiger partial charge in [0.25, 0.3) is 11.6 Å². The number of carbonyl (C=O) groups is 1. The number of hydrogen-bond donors (Lipinski definition) is 1. The van der Waals surface area contributed by atoms with Gasteiger partial charge in [-0.25, -0.2) is 5.43 Å². The Labute approximate surface area is 158 Å². The Bertz CT molecular complexity index is 1060. The molecule has 0 aliphatic carbocycles. The van der Waals surface area contributed by atoms with Crippen LogP contribution in [0, 0.1) is 22.5 Å². The Morgan fingerprint density at radius 1 is 1.30 bits per heavy atom. The van der Waals surface area contributed by atoms with Gasteiger partial charge in [-0.1, -0.05) is 5.92 Å². The molecular weight excluding hydrogens is 366 g/mol. The van der Waals surface area contributed by atoms with E-state index in [1.165, 1.54) is 29.7 Å². The number of nitro groups is 1. The molecule has 1 N–H and O–H groups in total. The minimum atomic E-state index is -0.468. The second-order valence-electron chi connectivity index (χ2n) is 5.35. The summed E-state index contributed by atoms with van der Waals surface area (Å²) in [6.45, 7) is 0.196. The van der Waals surface area contributed by atoms with Gasteiger partial charge in [0, 0.05) is 22.2 Å². The van der Waals surface area contributed by atoms with Gasteiger partial charge >= 0.3 is 0 Å². The molecule has 0 unspecified atom stereocenters. The number of non-ortho nitro benzene ring substituents is 1. The molecule has 0 saturated heterocycles. The monoisotopic (exact) mass is 379 g/mol. The number of nitrogens with one attached hydrogen (secondary N) is 1. The Kier molecular flexibility index (Phi) is 5.44. The largest absolute Gasteiger partial charge is 0.481 e. The second-order valence-corrected chi connectivity index (χ2v) is 6.43. The first-order valence-corrected chi connectivity index (χ1v) is 8.56. The van der Waals surface area contributed by atoms with Gasteiger partial charge in [0.1, 0.15) is 12.4 Å². The third kappa shape index (κ3) is 4.48. The molecule has 1 aromatic heterocycles. The Balaban J connectivity index is 1.65. The SMILES string of the molecule is C#CCOc1ccc(C=NNC(=O)c2cc3cc([N+](=O)[O-])ccc3s2)cc1. The van der Waals surface area contributed by atoms with Crippen LogP contribution in [0.2, 0.25) is 0 Å². The van der Waals surface area contributed by atoms with Crippen LogP contribution >= 0.6 is 11.3 Å². The molecule has 0 spiro atoms. The molecule has 0 fully saturated rings. The lowest BCUT2D eigenvalue weighted by molar-refractivity contribution is -0.384. The summed E-state index contributed by atoms with van der Waals surface area (Å²) in [6, 6.07) is 13.1. The third-order valence-corrected chi connectivity index (χ3v) is 4.63. The van der Waals surface area contributed by atoms with Gasteiger partial charge in [-0.05, 0) is 42.0 Å². The van der Waals surface area contributed by atoms with E-state index in [4.69, 9.17) is 11.2 Å². The normalized spacial score (nSPS) is 10.6. The van der Waals surface area contributed by atoms with E-state index >= 15 is 0 Å². The Morgan fingerprint density at radius 2 is 2.07 bits per heavy atom. The predicted octanol–water partition coefficient (Wildman–Crippen LogP) is 3.59. The van der Waals surface area contributed by atoms with E-state index in [-0.39, 0.29) is 18.2 Å². The van der Waals surface area contributed by atoms with Gasteiger partial charge in [-0.15, -0.1) is 17.8 Å². The third-order valence-electron chi connectivity index (χ3n) is 3.52. The topological polar surface area (TPSA) is 93.8 Å². The number of ether oxygens (including phenoxy) is 1. The average Bonchev–Trinajstić information content (AvgIpc) is 3.10. The van der Waals surface area contributed by atoms with Crippen LogP contribution in [0.25, 0.3) is 10.1 Å². The van der Waals surface area contributed by atoms with Crippen molar-refractivity contribution >= 4 is 39.2 Å². The summed E-state index contributed by atoms with van der Waals surface area (Å²) >= 11 is 1.24. The Morgan fingerprint density at radius 3 is 2.78 bits per heavy atom. The van der Waals surface area contributed by atoms with Crippen LogP contribution in [0.5, 0.6) is 5.75 Å². The molecule has 1 heterocycles. The van der Waals surface area contributed by atoms with Gasteiger partial charge in [-0.3, -0.25) is 14.9 Å². The molecule has 2 aromatic carbocycles. The number of hydrazone groups is 1. The van der Waals surface area contributed by atoms with Crippen LogP contribution in [-0.4, -0.2) is 23.7 Å². The summed E-state index contributed by atoms with van der Waals surface area (Å²) in [5.74, 6) is 2.64. The number of nitrogens with zero attached hydrogens (tertiary/aromatic N) is 2. The van der Waals surface area contributed by atoms with Gasteiger partial charge in [-0.2, -0.15) is 5.10 Å². The van der Waals surface area contributed by atoms with Crippen LogP contribution in [-0.2, 0) is 0 Å². The van der Waals surface area contributed by atoms with Crippen molar-refractivity contribution in [3.8, 4) is 18.1 Å². The number of rotatable bonds is 6. The minimum absolute atomic E-state index is 0.0139. The van der Waals surface area contributed by atoms with E-state index in [1.54, 1.807) is 36.4 Å². The number of nitro benzene ring substituents is 1. The number of thiophene rings is 1. The first-order chi connectivity index (χ1) is 13.1. The van der Waals surface area contributed by atoms with Crippen molar-refractivity contribution in [2.24, 2.45) is 5.10 Å². The van der Waals surface area contributed by atoms with Crippen LogP contribution in [0.4, 0.5) is 5.69 Å². The van der Waals surface area contributed by atoms with Gasteiger partial charge in [0.05, 0.1) is 16.0 Å². The predicted molar refractivity (Wildman–Crippen MR) is 104 cm³/mol. The molecule has 3 rings (SSSR count). The summed E-state index contributed by atoms with van der Waals surface area (Å²) < 4.78 is 6.06. The molecule has 0 bridgehead atoms. The van der Waals surface area contributed by atoms with Crippen molar-refractivity contribution < 1.29 is 14.5 Å². The molecule has 8 heteroatoms. The number of amides is 1. The van der Waals surface area contributed by atoms with E-state index in [0.29, 0.717) is 16.0 Å². The lowest BCUT2D eigenvalue weighted by atomic mass is 10.2.